The number of rotatable bonds is 4. The van der Waals surface area contributed by atoms with Gasteiger partial charge in [0, 0.05) is 17.0 Å². The first-order valence-corrected chi connectivity index (χ1v) is 5.77. The molecule has 5 heteroatoms. The first-order valence-electron chi connectivity index (χ1n) is 5.39. The molecule has 1 aliphatic heterocycles. The molecular formula is C12H13ClO4. The summed E-state index contributed by atoms with van der Waals surface area (Å²) in [6.45, 7) is 0.431. The molecule has 0 aliphatic carbocycles. The topological polar surface area (TPSA) is 55.8 Å². The molecule has 0 amide bonds. The molecule has 0 aromatic heterocycles. The summed E-state index contributed by atoms with van der Waals surface area (Å²) in [6.07, 6.45) is 0.0127. The van der Waals surface area contributed by atoms with Gasteiger partial charge in [-0.2, -0.15) is 0 Å². The summed E-state index contributed by atoms with van der Waals surface area (Å²) in [5, 5.41) is 9.24. The van der Waals surface area contributed by atoms with Gasteiger partial charge in [-0.25, -0.2) is 0 Å². The minimum atomic E-state index is -0.816. The Morgan fingerprint density at radius 1 is 1.41 bits per heavy atom. The fourth-order valence-electron chi connectivity index (χ4n) is 1.68. The van der Waals surface area contributed by atoms with Crippen LogP contribution >= 0.6 is 11.6 Å². The lowest BCUT2D eigenvalue weighted by Gasteiger charge is -2.11. The van der Waals surface area contributed by atoms with Crippen molar-refractivity contribution in [3.8, 4) is 0 Å². The van der Waals surface area contributed by atoms with Crippen LogP contribution in [0.5, 0.6) is 0 Å². The number of hydrogen-bond donors (Lipinski definition) is 1. The maximum absolute atomic E-state index is 10.4. The number of hydrogen-bond acceptors (Lipinski definition) is 3. The van der Waals surface area contributed by atoms with Gasteiger partial charge in [-0.05, 0) is 18.6 Å². The summed E-state index contributed by atoms with van der Waals surface area (Å²) in [5.41, 5.74) is 0.896. The van der Waals surface area contributed by atoms with Crippen molar-refractivity contribution in [1.29, 1.82) is 0 Å². The second-order valence-electron chi connectivity index (χ2n) is 3.91. The van der Waals surface area contributed by atoms with E-state index in [1.54, 1.807) is 12.1 Å². The number of ether oxygens (including phenoxy) is 2. The smallest absolute Gasteiger partial charge is 0.303 e. The second-order valence-corrected chi connectivity index (χ2v) is 4.34. The van der Waals surface area contributed by atoms with E-state index in [-0.39, 0.29) is 12.5 Å². The van der Waals surface area contributed by atoms with Crippen molar-refractivity contribution >= 4 is 17.6 Å². The predicted molar refractivity (Wildman–Crippen MR) is 61.9 cm³/mol. The highest BCUT2D eigenvalue weighted by Crippen LogP contribution is 2.29. The van der Waals surface area contributed by atoms with Gasteiger partial charge in [0.05, 0.1) is 12.7 Å². The molecule has 1 fully saturated rings. The maximum atomic E-state index is 10.4. The van der Waals surface area contributed by atoms with Gasteiger partial charge in [0.2, 0.25) is 0 Å². The number of carboxylic acids is 1. The van der Waals surface area contributed by atoms with Gasteiger partial charge < -0.3 is 14.6 Å². The first kappa shape index (κ1) is 12.4. The molecule has 2 unspecified atom stereocenters. The van der Waals surface area contributed by atoms with E-state index in [0.29, 0.717) is 18.1 Å². The Balaban J connectivity index is 1.89. The Morgan fingerprint density at radius 2 is 2.12 bits per heavy atom. The number of carboxylic acid groups (broad SMARTS) is 1. The fourth-order valence-corrected chi connectivity index (χ4v) is 1.80. The summed E-state index contributed by atoms with van der Waals surface area (Å²) in [4.78, 5) is 10.4. The molecule has 0 saturated carbocycles. The van der Waals surface area contributed by atoms with Crippen LogP contribution in [0.15, 0.2) is 24.3 Å². The highest BCUT2D eigenvalue weighted by atomic mass is 35.5. The third kappa shape index (κ3) is 3.43. The van der Waals surface area contributed by atoms with Crippen molar-refractivity contribution in [1.82, 2.24) is 0 Å². The van der Waals surface area contributed by atoms with Crippen LogP contribution in [0.1, 0.15) is 24.7 Å². The third-order valence-corrected chi connectivity index (χ3v) is 2.82. The highest BCUT2D eigenvalue weighted by Gasteiger charge is 2.27. The Bertz CT molecular complexity index is 390. The lowest BCUT2D eigenvalue weighted by Crippen LogP contribution is -2.11. The van der Waals surface area contributed by atoms with E-state index in [1.807, 2.05) is 12.1 Å². The van der Waals surface area contributed by atoms with E-state index in [2.05, 4.69) is 0 Å². The van der Waals surface area contributed by atoms with Crippen LogP contribution in [-0.2, 0) is 14.3 Å². The molecule has 2 rings (SSSR count). The molecule has 1 aromatic rings. The molecule has 1 heterocycles. The van der Waals surface area contributed by atoms with Crippen LogP contribution < -0.4 is 0 Å². The van der Waals surface area contributed by atoms with Gasteiger partial charge in [0.15, 0.2) is 6.29 Å². The molecule has 1 aromatic carbocycles. The van der Waals surface area contributed by atoms with Crippen molar-refractivity contribution in [3.63, 3.8) is 0 Å². The van der Waals surface area contributed by atoms with Crippen molar-refractivity contribution in [3.05, 3.63) is 34.9 Å². The fraction of sp³-hybridized carbons (Fsp3) is 0.417. The molecule has 17 heavy (non-hydrogen) atoms. The Kier molecular flexibility index (Phi) is 3.99. The molecule has 1 N–H and O–H groups in total. The largest absolute Gasteiger partial charge is 0.481 e. The average molecular weight is 257 g/mol. The molecule has 0 spiro atoms. The van der Waals surface area contributed by atoms with E-state index in [9.17, 15) is 4.79 Å². The Morgan fingerprint density at radius 3 is 2.76 bits per heavy atom. The van der Waals surface area contributed by atoms with Crippen molar-refractivity contribution in [2.24, 2.45) is 0 Å². The quantitative estimate of drug-likeness (QED) is 0.900. The minimum Gasteiger partial charge on any atom is -0.481 e. The summed E-state index contributed by atoms with van der Waals surface area (Å²) < 4.78 is 11.1. The van der Waals surface area contributed by atoms with Gasteiger partial charge in [0.25, 0.3) is 0 Å². The molecular weight excluding hydrogens is 244 g/mol. The lowest BCUT2D eigenvalue weighted by molar-refractivity contribution is -0.138. The van der Waals surface area contributed by atoms with Gasteiger partial charge in [-0.1, -0.05) is 23.7 Å². The molecule has 0 radical (unpaired) electrons. The standard InChI is InChI=1S/C12H13ClO4/c13-9-3-1-8(2-4-9)12-16-7-10(17-12)5-6-11(14)15/h1-4,10,12H,5-7H2,(H,14,15). The molecule has 2 atom stereocenters. The van der Waals surface area contributed by atoms with Crippen LogP contribution in [0, 0.1) is 0 Å². The van der Waals surface area contributed by atoms with E-state index < -0.39 is 12.3 Å². The molecule has 1 saturated heterocycles. The van der Waals surface area contributed by atoms with E-state index in [4.69, 9.17) is 26.2 Å². The molecule has 1 aliphatic rings. The average Bonchev–Trinajstić information content (AvgIpc) is 2.76. The Hall–Kier alpha value is -1.10. The van der Waals surface area contributed by atoms with E-state index >= 15 is 0 Å². The van der Waals surface area contributed by atoms with Crippen LogP contribution in [0.3, 0.4) is 0 Å². The first-order chi connectivity index (χ1) is 8.15. The molecule has 0 bridgehead atoms. The van der Waals surface area contributed by atoms with Gasteiger partial charge in [-0.3, -0.25) is 4.79 Å². The molecule has 4 nitrogen and oxygen atoms in total. The van der Waals surface area contributed by atoms with Gasteiger partial charge in [0.1, 0.15) is 0 Å². The summed E-state index contributed by atoms with van der Waals surface area (Å²) in [5.74, 6) is -0.816. The number of aliphatic carboxylic acids is 1. The van der Waals surface area contributed by atoms with Crippen LogP contribution in [-0.4, -0.2) is 23.8 Å². The monoisotopic (exact) mass is 256 g/mol. The summed E-state index contributed by atoms with van der Waals surface area (Å²) >= 11 is 5.78. The molecule has 92 valence electrons. The maximum Gasteiger partial charge on any atom is 0.303 e. The third-order valence-electron chi connectivity index (χ3n) is 2.57. The Labute approximate surface area is 104 Å². The minimum absolute atomic E-state index is 0.0986. The summed E-state index contributed by atoms with van der Waals surface area (Å²) in [6, 6.07) is 7.22. The van der Waals surface area contributed by atoms with E-state index in [0.717, 1.165) is 5.56 Å². The van der Waals surface area contributed by atoms with Crippen molar-refractivity contribution in [2.45, 2.75) is 25.2 Å². The van der Waals surface area contributed by atoms with Crippen molar-refractivity contribution in [2.75, 3.05) is 6.61 Å². The zero-order chi connectivity index (χ0) is 12.3. The lowest BCUT2D eigenvalue weighted by atomic mass is 10.2. The highest BCUT2D eigenvalue weighted by molar-refractivity contribution is 6.30. The van der Waals surface area contributed by atoms with Crippen molar-refractivity contribution < 1.29 is 19.4 Å². The second kappa shape index (κ2) is 5.49. The van der Waals surface area contributed by atoms with Crippen LogP contribution in [0.2, 0.25) is 5.02 Å². The van der Waals surface area contributed by atoms with Crippen LogP contribution in [0.25, 0.3) is 0 Å². The summed E-state index contributed by atoms with van der Waals surface area (Å²) in [7, 11) is 0. The number of carbonyl (C=O) groups is 1. The zero-order valence-electron chi connectivity index (χ0n) is 9.14. The number of halogens is 1. The normalized spacial score (nSPS) is 23.8. The SMILES string of the molecule is O=C(O)CCC1COC(c2ccc(Cl)cc2)O1. The van der Waals surface area contributed by atoms with E-state index in [1.165, 1.54) is 0 Å². The predicted octanol–water partition coefficient (Wildman–Crippen LogP) is 2.62. The van der Waals surface area contributed by atoms with Gasteiger partial charge >= 0.3 is 5.97 Å². The number of benzene rings is 1. The van der Waals surface area contributed by atoms with Crippen LogP contribution in [0.4, 0.5) is 0 Å². The van der Waals surface area contributed by atoms with Gasteiger partial charge in [-0.15, -0.1) is 0 Å². The zero-order valence-corrected chi connectivity index (χ0v) is 9.89.